The van der Waals surface area contributed by atoms with Crippen LogP contribution in [0, 0.1) is 12.8 Å². The van der Waals surface area contributed by atoms with Gasteiger partial charge in [-0.05, 0) is 44.1 Å². The minimum Gasteiger partial charge on any atom is -0.339 e. The maximum Gasteiger partial charge on any atom is 0.256 e. The number of piperidine rings is 1. The van der Waals surface area contributed by atoms with Gasteiger partial charge in [0, 0.05) is 31.0 Å². The minimum atomic E-state index is 0.0431. The first-order chi connectivity index (χ1) is 14.2. The number of aryl methyl sites for hydroxylation is 2. The van der Waals surface area contributed by atoms with Crippen LogP contribution in [0.2, 0.25) is 0 Å². The standard InChI is InChI=1S/C25H27N3O/c1-19-7-9-20(10-8-19)11-12-21-13-15-28(16-14-21)25(29)23-17-26-24(27-18-23)22-5-3-2-4-6-22/h2-10,17-18,21H,11-16H2,1H3. The first kappa shape index (κ1) is 19.3. The Kier molecular flexibility index (Phi) is 5.99. The van der Waals surface area contributed by atoms with Gasteiger partial charge in [-0.15, -0.1) is 0 Å². The van der Waals surface area contributed by atoms with Crippen molar-refractivity contribution in [2.75, 3.05) is 13.1 Å². The van der Waals surface area contributed by atoms with Crippen molar-refractivity contribution in [3.63, 3.8) is 0 Å². The molecule has 4 nitrogen and oxygen atoms in total. The zero-order chi connectivity index (χ0) is 20.1. The molecule has 1 aromatic heterocycles. The third-order valence-electron chi connectivity index (χ3n) is 5.79. The highest BCUT2D eigenvalue weighted by molar-refractivity contribution is 5.93. The van der Waals surface area contributed by atoms with Gasteiger partial charge >= 0.3 is 0 Å². The third-order valence-corrected chi connectivity index (χ3v) is 5.79. The van der Waals surface area contributed by atoms with Crippen molar-refractivity contribution in [1.29, 1.82) is 0 Å². The Bertz CT molecular complexity index is 928. The van der Waals surface area contributed by atoms with Crippen LogP contribution in [-0.2, 0) is 6.42 Å². The van der Waals surface area contributed by atoms with Gasteiger partial charge in [-0.1, -0.05) is 60.2 Å². The molecule has 1 fully saturated rings. The number of nitrogens with zero attached hydrogens (tertiary/aromatic N) is 3. The van der Waals surface area contributed by atoms with Crippen molar-refractivity contribution >= 4 is 5.91 Å². The molecule has 1 amide bonds. The Morgan fingerprint density at radius 2 is 1.62 bits per heavy atom. The molecule has 3 aromatic rings. The molecular formula is C25H27N3O. The van der Waals surface area contributed by atoms with Crippen LogP contribution in [0.5, 0.6) is 0 Å². The number of likely N-dealkylation sites (tertiary alicyclic amines) is 1. The molecule has 0 N–H and O–H groups in total. The molecule has 0 radical (unpaired) electrons. The van der Waals surface area contributed by atoms with Gasteiger partial charge in [0.05, 0.1) is 5.56 Å². The largest absolute Gasteiger partial charge is 0.339 e. The van der Waals surface area contributed by atoms with E-state index in [-0.39, 0.29) is 5.91 Å². The van der Waals surface area contributed by atoms with E-state index in [4.69, 9.17) is 0 Å². The maximum atomic E-state index is 12.8. The number of amides is 1. The lowest BCUT2D eigenvalue weighted by Crippen LogP contribution is -2.38. The molecule has 1 aliphatic rings. The molecule has 0 unspecified atom stereocenters. The van der Waals surface area contributed by atoms with E-state index in [0.29, 0.717) is 17.3 Å². The zero-order valence-corrected chi connectivity index (χ0v) is 16.9. The number of carbonyl (C=O) groups excluding carboxylic acids is 1. The van der Waals surface area contributed by atoms with E-state index in [0.717, 1.165) is 37.9 Å². The number of hydrogen-bond donors (Lipinski definition) is 0. The summed E-state index contributed by atoms with van der Waals surface area (Å²) in [5.74, 6) is 1.38. The summed E-state index contributed by atoms with van der Waals surface area (Å²) in [5, 5.41) is 0. The Balaban J connectivity index is 1.29. The van der Waals surface area contributed by atoms with Crippen molar-refractivity contribution < 1.29 is 4.79 Å². The van der Waals surface area contributed by atoms with Gasteiger partial charge in [0.25, 0.3) is 5.91 Å². The molecule has 2 heterocycles. The lowest BCUT2D eigenvalue weighted by molar-refractivity contribution is 0.0686. The van der Waals surface area contributed by atoms with Gasteiger partial charge in [-0.25, -0.2) is 9.97 Å². The first-order valence-corrected chi connectivity index (χ1v) is 10.4. The summed E-state index contributed by atoms with van der Waals surface area (Å²) in [7, 11) is 0. The highest BCUT2D eigenvalue weighted by atomic mass is 16.2. The van der Waals surface area contributed by atoms with Crippen LogP contribution in [0.15, 0.2) is 67.0 Å². The van der Waals surface area contributed by atoms with E-state index >= 15 is 0 Å². The molecule has 1 aliphatic heterocycles. The maximum absolute atomic E-state index is 12.8. The highest BCUT2D eigenvalue weighted by Gasteiger charge is 2.24. The average Bonchev–Trinajstić information content (AvgIpc) is 2.79. The molecule has 148 valence electrons. The van der Waals surface area contributed by atoms with Gasteiger partial charge < -0.3 is 4.90 Å². The molecule has 4 rings (SSSR count). The monoisotopic (exact) mass is 385 g/mol. The summed E-state index contributed by atoms with van der Waals surface area (Å²) in [6.07, 6.45) is 7.76. The van der Waals surface area contributed by atoms with Crippen molar-refractivity contribution in [2.45, 2.75) is 32.6 Å². The van der Waals surface area contributed by atoms with E-state index < -0.39 is 0 Å². The Labute approximate surface area is 172 Å². The minimum absolute atomic E-state index is 0.0431. The summed E-state index contributed by atoms with van der Waals surface area (Å²) >= 11 is 0. The number of rotatable bonds is 5. The molecule has 0 bridgehead atoms. The van der Waals surface area contributed by atoms with Crippen LogP contribution in [-0.4, -0.2) is 33.9 Å². The van der Waals surface area contributed by atoms with E-state index in [1.807, 2.05) is 35.2 Å². The lowest BCUT2D eigenvalue weighted by Gasteiger charge is -2.32. The van der Waals surface area contributed by atoms with Crippen LogP contribution >= 0.6 is 0 Å². The van der Waals surface area contributed by atoms with E-state index in [1.165, 1.54) is 17.5 Å². The smallest absolute Gasteiger partial charge is 0.256 e. The fourth-order valence-electron chi connectivity index (χ4n) is 3.91. The predicted octanol–water partition coefficient (Wildman–Crippen LogP) is 4.94. The van der Waals surface area contributed by atoms with Gasteiger partial charge in [0.1, 0.15) is 0 Å². The van der Waals surface area contributed by atoms with Gasteiger partial charge in [-0.3, -0.25) is 4.79 Å². The molecule has 2 aromatic carbocycles. The second-order valence-electron chi connectivity index (χ2n) is 7.92. The summed E-state index contributed by atoms with van der Waals surface area (Å²) in [5.41, 5.74) is 4.25. The van der Waals surface area contributed by atoms with E-state index in [2.05, 4.69) is 41.2 Å². The third kappa shape index (κ3) is 4.89. The van der Waals surface area contributed by atoms with Crippen molar-refractivity contribution in [3.8, 4) is 11.4 Å². The number of aromatic nitrogens is 2. The SMILES string of the molecule is Cc1ccc(CCC2CCN(C(=O)c3cnc(-c4ccccc4)nc3)CC2)cc1. The van der Waals surface area contributed by atoms with E-state index in [9.17, 15) is 4.79 Å². The second-order valence-corrected chi connectivity index (χ2v) is 7.92. The van der Waals surface area contributed by atoms with E-state index in [1.54, 1.807) is 12.4 Å². The number of carbonyl (C=O) groups is 1. The van der Waals surface area contributed by atoms with Crippen LogP contribution in [0.25, 0.3) is 11.4 Å². The molecular weight excluding hydrogens is 358 g/mol. The van der Waals surface area contributed by atoms with Crippen LogP contribution in [0.3, 0.4) is 0 Å². The van der Waals surface area contributed by atoms with Crippen LogP contribution in [0.1, 0.15) is 40.7 Å². The Hall–Kier alpha value is -3.01. The molecule has 29 heavy (non-hydrogen) atoms. The number of hydrogen-bond acceptors (Lipinski definition) is 3. The van der Waals surface area contributed by atoms with Gasteiger partial charge in [0.2, 0.25) is 0 Å². The topological polar surface area (TPSA) is 46.1 Å². The Morgan fingerprint density at radius 3 is 2.28 bits per heavy atom. The second kappa shape index (κ2) is 8.99. The summed E-state index contributed by atoms with van der Waals surface area (Å²) in [4.78, 5) is 23.5. The zero-order valence-electron chi connectivity index (χ0n) is 16.9. The normalized spacial score (nSPS) is 14.7. The first-order valence-electron chi connectivity index (χ1n) is 10.4. The quantitative estimate of drug-likeness (QED) is 0.625. The molecule has 0 atom stereocenters. The molecule has 1 saturated heterocycles. The van der Waals surface area contributed by atoms with Crippen LogP contribution < -0.4 is 0 Å². The molecule has 0 aliphatic carbocycles. The highest BCUT2D eigenvalue weighted by Crippen LogP contribution is 2.24. The number of benzene rings is 2. The van der Waals surface area contributed by atoms with Crippen LogP contribution in [0.4, 0.5) is 0 Å². The van der Waals surface area contributed by atoms with Crippen molar-refractivity contribution in [2.24, 2.45) is 5.92 Å². The van der Waals surface area contributed by atoms with Crippen molar-refractivity contribution in [3.05, 3.63) is 83.7 Å². The summed E-state index contributed by atoms with van der Waals surface area (Å²) in [6, 6.07) is 18.6. The van der Waals surface area contributed by atoms with Gasteiger partial charge in [-0.2, -0.15) is 0 Å². The summed E-state index contributed by atoms with van der Waals surface area (Å²) < 4.78 is 0. The summed E-state index contributed by atoms with van der Waals surface area (Å²) in [6.45, 7) is 3.76. The fourth-order valence-corrected chi connectivity index (χ4v) is 3.91. The lowest BCUT2D eigenvalue weighted by atomic mass is 9.90. The molecule has 0 saturated carbocycles. The molecule has 0 spiro atoms. The molecule has 4 heteroatoms. The predicted molar refractivity (Wildman–Crippen MR) is 116 cm³/mol. The fraction of sp³-hybridized carbons (Fsp3) is 0.320. The van der Waals surface area contributed by atoms with Crippen molar-refractivity contribution in [1.82, 2.24) is 14.9 Å². The Morgan fingerprint density at radius 1 is 0.966 bits per heavy atom. The van der Waals surface area contributed by atoms with Gasteiger partial charge in [0.15, 0.2) is 5.82 Å². The average molecular weight is 386 g/mol.